The number of benzene rings is 2. The first-order valence-corrected chi connectivity index (χ1v) is 9.14. The van der Waals surface area contributed by atoms with Gasteiger partial charge in [-0.15, -0.1) is 0 Å². The van der Waals surface area contributed by atoms with Gasteiger partial charge in [0, 0.05) is 18.4 Å². The van der Waals surface area contributed by atoms with Gasteiger partial charge in [-0.25, -0.2) is 0 Å². The molecule has 0 bridgehead atoms. The van der Waals surface area contributed by atoms with E-state index in [0.29, 0.717) is 5.56 Å². The quantitative estimate of drug-likeness (QED) is 0.814. The van der Waals surface area contributed by atoms with E-state index in [9.17, 15) is 27.9 Å². The van der Waals surface area contributed by atoms with Crippen LogP contribution in [-0.2, 0) is 16.1 Å². The summed E-state index contributed by atoms with van der Waals surface area (Å²) in [5.74, 6) is -1.87. The third-order valence-corrected chi connectivity index (χ3v) is 5.69. The van der Waals surface area contributed by atoms with E-state index in [1.165, 1.54) is 18.2 Å². The molecule has 9 heteroatoms. The standard InChI is InChI=1S/C19H17F3N2O3S/c1-12(25)24(11-13-7-3-2-4-8-13)16-17(26)23-14-9-5-6-10-15(14)28-18(16,27)19(20,21)22/h2-10,16,27H,11H2,1H3,(H,23,26). The minimum atomic E-state index is -5.18. The Morgan fingerprint density at radius 3 is 2.39 bits per heavy atom. The maximum Gasteiger partial charge on any atom is 0.429 e. The predicted octanol–water partition coefficient (Wildman–Crippen LogP) is 3.40. The van der Waals surface area contributed by atoms with Gasteiger partial charge in [-0.3, -0.25) is 9.59 Å². The Balaban J connectivity index is 2.11. The van der Waals surface area contributed by atoms with E-state index in [1.807, 2.05) is 0 Å². The van der Waals surface area contributed by atoms with E-state index in [0.717, 1.165) is 11.8 Å². The van der Waals surface area contributed by atoms with Gasteiger partial charge >= 0.3 is 6.18 Å². The molecule has 3 rings (SSSR count). The molecule has 5 nitrogen and oxygen atoms in total. The molecule has 0 aromatic heterocycles. The molecule has 2 aromatic rings. The van der Waals surface area contributed by atoms with Crippen molar-refractivity contribution in [3.05, 3.63) is 60.2 Å². The normalized spacial score (nSPS) is 22.0. The number of amides is 2. The van der Waals surface area contributed by atoms with Crippen molar-refractivity contribution >= 4 is 29.3 Å². The summed E-state index contributed by atoms with van der Waals surface area (Å²) >= 11 is 0.109. The lowest BCUT2D eigenvalue weighted by Gasteiger charge is -2.40. The van der Waals surface area contributed by atoms with E-state index < -0.39 is 29.0 Å². The molecule has 0 fully saturated rings. The zero-order chi connectivity index (χ0) is 20.5. The Morgan fingerprint density at radius 1 is 1.18 bits per heavy atom. The van der Waals surface area contributed by atoms with E-state index in [1.54, 1.807) is 36.4 Å². The molecule has 148 valence electrons. The summed E-state index contributed by atoms with van der Waals surface area (Å²) in [6.45, 7) is 0.805. The smallest absolute Gasteiger partial charge is 0.369 e. The van der Waals surface area contributed by atoms with E-state index in [2.05, 4.69) is 5.32 Å². The van der Waals surface area contributed by atoms with Crippen LogP contribution in [0.5, 0.6) is 0 Å². The summed E-state index contributed by atoms with van der Waals surface area (Å²) in [4.78, 5) is 22.3. The first-order chi connectivity index (χ1) is 13.1. The van der Waals surface area contributed by atoms with Gasteiger partial charge in [-0.1, -0.05) is 54.2 Å². The number of nitrogens with one attached hydrogen (secondary N) is 1. The summed E-state index contributed by atoms with van der Waals surface area (Å²) < 4.78 is 42.0. The molecule has 0 radical (unpaired) electrons. The number of anilines is 1. The largest absolute Gasteiger partial charge is 0.429 e. The number of nitrogens with zero attached hydrogens (tertiary/aromatic N) is 1. The highest BCUT2D eigenvalue weighted by Crippen LogP contribution is 2.50. The minimum Gasteiger partial charge on any atom is -0.369 e. The number of carbonyl (C=O) groups is 2. The molecule has 2 atom stereocenters. The van der Waals surface area contributed by atoms with Crippen LogP contribution in [0.3, 0.4) is 0 Å². The highest BCUT2D eigenvalue weighted by molar-refractivity contribution is 8.00. The summed E-state index contributed by atoms with van der Waals surface area (Å²) in [5, 5.41) is 13.2. The number of aliphatic hydroxyl groups is 1. The number of hydrogen-bond acceptors (Lipinski definition) is 4. The summed E-state index contributed by atoms with van der Waals surface area (Å²) in [7, 11) is 0. The van der Waals surface area contributed by atoms with Gasteiger partial charge in [0.05, 0.1) is 5.69 Å². The van der Waals surface area contributed by atoms with Gasteiger partial charge in [0.1, 0.15) is 0 Å². The Labute approximate surface area is 163 Å². The Kier molecular flexibility index (Phi) is 5.40. The molecule has 1 aliphatic rings. The third kappa shape index (κ3) is 3.72. The molecule has 2 N–H and O–H groups in total. The van der Waals surface area contributed by atoms with Crippen LogP contribution in [0.15, 0.2) is 59.5 Å². The molecule has 0 saturated carbocycles. The third-order valence-electron chi connectivity index (χ3n) is 4.35. The average molecular weight is 410 g/mol. The summed E-state index contributed by atoms with van der Waals surface area (Å²) in [5.41, 5.74) is 0.674. The number of hydrogen-bond donors (Lipinski definition) is 2. The molecule has 2 unspecified atom stereocenters. The van der Waals surface area contributed by atoms with Crippen molar-refractivity contribution in [1.82, 2.24) is 4.90 Å². The van der Waals surface area contributed by atoms with Crippen LogP contribution in [0, 0.1) is 0 Å². The van der Waals surface area contributed by atoms with Crippen molar-refractivity contribution in [1.29, 1.82) is 0 Å². The lowest BCUT2D eigenvalue weighted by Crippen LogP contribution is -2.63. The maximum absolute atomic E-state index is 14.0. The van der Waals surface area contributed by atoms with Crippen LogP contribution in [0.4, 0.5) is 18.9 Å². The molecule has 2 amide bonds. The molecule has 0 saturated heterocycles. The number of halogens is 3. The molecular weight excluding hydrogens is 393 g/mol. The highest BCUT2D eigenvalue weighted by Gasteiger charge is 2.65. The van der Waals surface area contributed by atoms with Crippen LogP contribution in [-0.4, -0.2) is 39.0 Å². The molecule has 2 aromatic carbocycles. The molecule has 0 spiro atoms. The topological polar surface area (TPSA) is 69.6 Å². The first-order valence-electron chi connectivity index (χ1n) is 8.32. The minimum absolute atomic E-state index is 0.0568. The summed E-state index contributed by atoms with van der Waals surface area (Å²) in [6.07, 6.45) is -5.18. The second kappa shape index (κ2) is 7.48. The number of rotatable bonds is 3. The lowest BCUT2D eigenvalue weighted by molar-refractivity contribution is -0.237. The van der Waals surface area contributed by atoms with Crippen LogP contribution in [0.1, 0.15) is 12.5 Å². The fourth-order valence-corrected chi connectivity index (χ4v) is 4.16. The van der Waals surface area contributed by atoms with Crippen molar-refractivity contribution in [3.8, 4) is 0 Å². The van der Waals surface area contributed by atoms with Crippen molar-refractivity contribution in [3.63, 3.8) is 0 Å². The zero-order valence-corrected chi connectivity index (χ0v) is 15.6. The lowest BCUT2D eigenvalue weighted by atomic mass is 10.0. The van der Waals surface area contributed by atoms with E-state index >= 15 is 0 Å². The fraction of sp³-hybridized carbons (Fsp3) is 0.263. The predicted molar refractivity (Wildman–Crippen MR) is 98.4 cm³/mol. The van der Waals surface area contributed by atoms with Crippen molar-refractivity contribution in [2.45, 2.75) is 35.5 Å². The monoisotopic (exact) mass is 410 g/mol. The first kappa shape index (κ1) is 20.2. The number of alkyl halides is 3. The fourth-order valence-electron chi connectivity index (χ4n) is 2.99. The Morgan fingerprint density at radius 2 is 1.79 bits per heavy atom. The van der Waals surface area contributed by atoms with Crippen molar-refractivity contribution in [2.75, 3.05) is 5.32 Å². The number of para-hydroxylation sites is 1. The molecule has 1 heterocycles. The van der Waals surface area contributed by atoms with Crippen molar-refractivity contribution in [2.24, 2.45) is 0 Å². The van der Waals surface area contributed by atoms with Gasteiger partial charge in [0.2, 0.25) is 10.8 Å². The molecule has 1 aliphatic heterocycles. The van der Waals surface area contributed by atoms with Crippen LogP contribution >= 0.6 is 11.8 Å². The van der Waals surface area contributed by atoms with Gasteiger partial charge in [0.25, 0.3) is 5.91 Å². The SMILES string of the molecule is CC(=O)N(Cc1ccccc1)C1C(=O)Nc2ccccc2SC1(O)C(F)(F)F. The second-order valence-electron chi connectivity index (χ2n) is 6.32. The summed E-state index contributed by atoms with van der Waals surface area (Å²) in [6, 6.07) is 12.0. The van der Waals surface area contributed by atoms with Gasteiger partial charge < -0.3 is 15.3 Å². The number of fused-ring (bicyclic) bond motifs is 1. The maximum atomic E-state index is 14.0. The molecular formula is C19H17F3N2O3S. The average Bonchev–Trinajstić information content (AvgIpc) is 2.73. The van der Waals surface area contributed by atoms with E-state index in [4.69, 9.17) is 0 Å². The molecule has 28 heavy (non-hydrogen) atoms. The zero-order valence-electron chi connectivity index (χ0n) is 14.7. The Hall–Kier alpha value is -2.52. The number of thioether (sulfide) groups is 1. The van der Waals surface area contributed by atoms with Gasteiger partial charge in [-0.2, -0.15) is 13.2 Å². The van der Waals surface area contributed by atoms with Gasteiger partial charge in [-0.05, 0) is 17.7 Å². The van der Waals surface area contributed by atoms with E-state index in [-0.39, 0.29) is 28.9 Å². The number of carbonyl (C=O) groups excluding carboxylic acids is 2. The molecule has 0 aliphatic carbocycles. The van der Waals surface area contributed by atoms with Crippen LogP contribution < -0.4 is 5.32 Å². The second-order valence-corrected chi connectivity index (χ2v) is 7.58. The Bertz CT molecular complexity index is 891. The van der Waals surface area contributed by atoms with Crippen molar-refractivity contribution < 1.29 is 27.9 Å². The van der Waals surface area contributed by atoms with Crippen LogP contribution in [0.2, 0.25) is 0 Å². The highest BCUT2D eigenvalue weighted by atomic mass is 32.2. The van der Waals surface area contributed by atoms with Crippen LogP contribution in [0.25, 0.3) is 0 Å². The van der Waals surface area contributed by atoms with Gasteiger partial charge in [0.15, 0.2) is 6.04 Å².